The molecule has 2 saturated heterocycles. The third-order valence-electron chi connectivity index (χ3n) is 8.38. The number of hydrogen-bond donors (Lipinski definition) is 0. The summed E-state index contributed by atoms with van der Waals surface area (Å²) in [6, 6.07) is 0. The maximum atomic E-state index is 12.5. The number of hydrogen-bond acceptors (Lipinski definition) is 4. The van der Waals surface area contributed by atoms with Crippen LogP contribution in [-0.2, 0) is 19.0 Å². The predicted octanol–water partition coefficient (Wildman–Crippen LogP) is 3.15. The van der Waals surface area contributed by atoms with Gasteiger partial charge in [0.05, 0.1) is 13.2 Å². The Balaban J connectivity index is 1.37. The first-order chi connectivity index (χ1) is 11.5. The highest BCUT2D eigenvalue weighted by atomic mass is 16.7. The van der Waals surface area contributed by atoms with Gasteiger partial charge in [0, 0.05) is 24.7 Å². The summed E-state index contributed by atoms with van der Waals surface area (Å²) in [4.78, 5) is 12.5. The summed E-state index contributed by atoms with van der Waals surface area (Å²) in [5.74, 6) is 1.21. The normalized spacial score (nSPS) is 53.9. The summed E-state index contributed by atoms with van der Waals surface area (Å²) in [7, 11) is 0. The average Bonchev–Trinajstić information content (AvgIpc) is 2.88. The van der Waals surface area contributed by atoms with Crippen molar-refractivity contribution in [3.8, 4) is 0 Å². The van der Waals surface area contributed by atoms with Crippen molar-refractivity contribution in [3.63, 3.8) is 0 Å². The summed E-state index contributed by atoms with van der Waals surface area (Å²) in [6.07, 6.45) is 10.3. The fourth-order valence-electron chi connectivity index (χ4n) is 7.11. The van der Waals surface area contributed by atoms with E-state index in [1.54, 1.807) is 5.57 Å². The molecule has 5 fully saturated rings. The Morgan fingerprint density at radius 2 is 1.96 bits per heavy atom. The van der Waals surface area contributed by atoms with E-state index >= 15 is 0 Å². The molecule has 4 heteroatoms. The fraction of sp³-hybridized carbons (Fsp3) is 0.850. The Labute approximate surface area is 142 Å². The van der Waals surface area contributed by atoms with Crippen LogP contribution in [0.25, 0.3) is 0 Å². The topological polar surface area (TPSA) is 48.1 Å². The molecule has 1 unspecified atom stereocenters. The second-order valence-corrected chi connectivity index (χ2v) is 9.20. The van der Waals surface area contributed by atoms with E-state index in [0.29, 0.717) is 17.6 Å². The zero-order valence-corrected chi connectivity index (χ0v) is 14.4. The molecule has 5 atom stereocenters. The molecule has 0 aromatic heterocycles. The monoisotopic (exact) mass is 330 g/mol. The van der Waals surface area contributed by atoms with E-state index < -0.39 is 0 Å². The van der Waals surface area contributed by atoms with E-state index in [1.165, 1.54) is 0 Å². The van der Waals surface area contributed by atoms with E-state index in [2.05, 4.69) is 13.0 Å². The molecule has 0 aromatic rings. The van der Waals surface area contributed by atoms with Crippen molar-refractivity contribution in [2.24, 2.45) is 17.3 Å². The fourth-order valence-corrected chi connectivity index (χ4v) is 7.11. The lowest BCUT2D eigenvalue weighted by Crippen LogP contribution is -2.51. The molecule has 2 aliphatic heterocycles. The third kappa shape index (κ3) is 1.47. The van der Waals surface area contributed by atoms with Crippen LogP contribution >= 0.6 is 0 Å². The van der Waals surface area contributed by atoms with Crippen LogP contribution in [0.15, 0.2) is 11.6 Å². The second-order valence-electron chi connectivity index (χ2n) is 9.20. The van der Waals surface area contributed by atoms with Crippen LogP contribution in [0, 0.1) is 17.3 Å². The SMILES string of the molecule is C[C@]12CC=C3[C@@H](CC[C@@]45CC6(CC[C@@]34O5)OCCO6)C1CCC2=O. The smallest absolute Gasteiger partial charge is 0.171 e. The van der Waals surface area contributed by atoms with Crippen LogP contribution in [0.5, 0.6) is 0 Å². The second kappa shape index (κ2) is 4.16. The Hall–Kier alpha value is -0.710. The van der Waals surface area contributed by atoms with Gasteiger partial charge in [-0.05, 0) is 49.5 Å². The van der Waals surface area contributed by atoms with E-state index in [-0.39, 0.29) is 22.4 Å². The molecule has 1 spiro atoms. The molecule has 0 amide bonds. The largest absolute Gasteiger partial charge is 0.358 e. The third-order valence-corrected chi connectivity index (χ3v) is 8.38. The highest BCUT2D eigenvalue weighted by molar-refractivity contribution is 5.87. The summed E-state index contributed by atoms with van der Waals surface area (Å²) in [5.41, 5.74) is 1.34. The zero-order chi connectivity index (χ0) is 16.2. The molecule has 4 nitrogen and oxygen atoms in total. The van der Waals surface area contributed by atoms with Crippen LogP contribution in [-0.4, -0.2) is 36.0 Å². The average molecular weight is 330 g/mol. The van der Waals surface area contributed by atoms with Crippen molar-refractivity contribution in [2.75, 3.05) is 13.2 Å². The Morgan fingerprint density at radius 3 is 2.79 bits per heavy atom. The number of ether oxygens (including phenoxy) is 3. The Kier molecular flexibility index (Phi) is 2.51. The number of rotatable bonds is 0. The van der Waals surface area contributed by atoms with Gasteiger partial charge in [0.25, 0.3) is 0 Å². The van der Waals surface area contributed by atoms with Gasteiger partial charge in [-0.15, -0.1) is 0 Å². The standard InChI is InChI=1S/C20H26O4/c1-17-6-5-15-13(14(17)2-3-16(17)21)4-7-18-12-19(22-10-11-23-19)8-9-20(15,18)24-18/h5,13-14H,2-4,6-12H2,1H3/t13-,14?,17-,18+,20+/m0/s1. The molecule has 4 aliphatic carbocycles. The van der Waals surface area contributed by atoms with Crippen LogP contribution in [0.3, 0.4) is 0 Å². The van der Waals surface area contributed by atoms with Gasteiger partial charge in [0.1, 0.15) is 17.0 Å². The van der Waals surface area contributed by atoms with E-state index in [9.17, 15) is 4.79 Å². The summed E-state index contributed by atoms with van der Waals surface area (Å²) in [6.45, 7) is 3.65. The van der Waals surface area contributed by atoms with E-state index in [4.69, 9.17) is 14.2 Å². The number of fused-ring (bicyclic) bond motifs is 3. The maximum absolute atomic E-state index is 12.5. The van der Waals surface area contributed by atoms with E-state index in [1.807, 2.05) is 0 Å². The van der Waals surface area contributed by atoms with Crippen molar-refractivity contribution in [2.45, 2.75) is 75.3 Å². The minimum atomic E-state index is -0.375. The van der Waals surface area contributed by atoms with Gasteiger partial charge in [0.2, 0.25) is 0 Å². The molecule has 0 bridgehead atoms. The molecule has 0 N–H and O–H groups in total. The van der Waals surface area contributed by atoms with E-state index in [0.717, 1.165) is 64.6 Å². The molecule has 3 saturated carbocycles. The van der Waals surface area contributed by atoms with Gasteiger partial charge in [-0.25, -0.2) is 0 Å². The first kappa shape index (κ1) is 14.5. The van der Waals surface area contributed by atoms with Crippen LogP contribution in [0.4, 0.5) is 0 Å². The molecule has 0 aromatic carbocycles. The van der Waals surface area contributed by atoms with Gasteiger partial charge < -0.3 is 14.2 Å². The van der Waals surface area contributed by atoms with Crippen molar-refractivity contribution < 1.29 is 19.0 Å². The number of ketones is 1. The van der Waals surface area contributed by atoms with Crippen LogP contribution < -0.4 is 0 Å². The number of carbonyl (C=O) groups is 1. The number of Topliss-reactive ketones (excluding diaryl/α,β-unsaturated/α-hetero) is 1. The van der Waals surface area contributed by atoms with Crippen LogP contribution in [0.2, 0.25) is 0 Å². The zero-order valence-electron chi connectivity index (χ0n) is 14.4. The lowest BCUT2D eigenvalue weighted by molar-refractivity contribution is -0.185. The van der Waals surface area contributed by atoms with Crippen molar-refractivity contribution in [3.05, 3.63) is 11.6 Å². The minimum absolute atomic E-state index is 0.0473. The Morgan fingerprint density at radius 1 is 1.12 bits per heavy atom. The van der Waals surface area contributed by atoms with Gasteiger partial charge in [-0.1, -0.05) is 13.0 Å². The quantitative estimate of drug-likeness (QED) is 0.506. The van der Waals surface area contributed by atoms with Gasteiger partial charge in [0.15, 0.2) is 5.79 Å². The number of epoxide rings is 1. The van der Waals surface area contributed by atoms with Crippen molar-refractivity contribution in [1.82, 2.24) is 0 Å². The first-order valence-corrected chi connectivity index (χ1v) is 9.75. The van der Waals surface area contributed by atoms with Gasteiger partial charge >= 0.3 is 0 Å². The molecule has 0 radical (unpaired) electrons. The molecular formula is C20H26O4. The lowest BCUT2D eigenvalue weighted by Gasteiger charge is -2.48. The highest BCUT2D eigenvalue weighted by Crippen LogP contribution is 2.73. The van der Waals surface area contributed by atoms with Crippen molar-refractivity contribution >= 4 is 5.78 Å². The van der Waals surface area contributed by atoms with Gasteiger partial charge in [-0.3, -0.25) is 4.79 Å². The summed E-state index contributed by atoms with van der Waals surface area (Å²) >= 11 is 0. The maximum Gasteiger partial charge on any atom is 0.171 e. The first-order valence-electron chi connectivity index (χ1n) is 9.75. The molecule has 24 heavy (non-hydrogen) atoms. The summed E-state index contributed by atoms with van der Waals surface area (Å²) < 4.78 is 18.5. The predicted molar refractivity (Wildman–Crippen MR) is 86.3 cm³/mol. The molecule has 130 valence electrons. The van der Waals surface area contributed by atoms with Crippen LogP contribution in [0.1, 0.15) is 58.3 Å². The number of allylic oxidation sites excluding steroid dienone is 1. The molecule has 6 aliphatic rings. The highest BCUT2D eigenvalue weighted by Gasteiger charge is 2.79. The van der Waals surface area contributed by atoms with Crippen molar-refractivity contribution in [1.29, 1.82) is 0 Å². The molecule has 6 rings (SSSR count). The number of carbonyl (C=O) groups excluding carboxylic acids is 1. The molecule has 2 heterocycles. The van der Waals surface area contributed by atoms with Gasteiger partial charge in [-0.2, -0.15) is 0 Å². The molecular weight excluding hydrogens is 304 g/mol. The minimum Gasteiger partial charge on any atom is -0.358 e. The summed E-state index contributed by atoms with van der Waals surface area (Å²) in [5, 5.41) is 0. The Bertz CT molecular complexity index is 663. The lowest BCUT2D eigenvalue weighted by atomic mass is 9.54.